The molecule has 0 fully saturated rings. The number of rotatable bonds is 9. The van der Waals surface area contributed by atoms with Crippen LogP contribution in [0.2, 0.25) is 5.02 Å². The highest BCUT2D eigenvalue weighted by atomic mass is 35.5. The number of halogens is 1. The van der Waals surface area contributed by atoms with E-state index in [1.807, 2.05) is 74.5 Å². The second kappa shape index (κ2) is 12.3. The molecule has 0 saturated carbocycles. The zero-order chi connectivity index (χ0) is 27.2. The molecule has 2 atom stereocenters. The van der Waals surface area contributed by atoms with Crippen LogP contribution in [0.4, 0.5) is 11.4 Å². The Morgan fingerprint density at radius 2 is 1.66 bits per heavy atom. The summed E-state index contributed by atoms with van der Waals surface area (Å²) in [5.41, 5.74) is 4.08. The molecule has 6 nitrogen and oxygen atoms in total. The van der Waals surface area contributed by atoms with E-state index < -0.39 is 5.97 Å². The molecule has 1 N–H and O–H groups in total. The molecule has 0 radical (unpaired) electrons. The third-order valence-electron chi connectivity index (χ3n) is 7.13. The molecule has 4 rings (SSSR count). The van der Waals surface area contributed by atoms with E-state index in [1.54, 1.807) is 21.9 Å². The number of hydrogen-bond donors (Lipinski definition) is 1. The maximum atomic E-state index is 13.8. The number of fused-ring (bicyclic) bond motifs is 1. The lowest BCUT2D eigenvalue weighted by molar-refractivity contribution is -0.137. The molecule has 0 saturated heterocycles. The van der Waals surface area contributed by atoms with Crippen molar-refractivity contribution in [2.75, 3.05) is 16.3 Å². The fraction of sp³-hybridized carbons (Fsp3) is 0.323. The highest BCUT2D eigenvalue weighted by molar-refractivity contribution is 6.30. The predicted molar refractivity (Wildman–Crippen MR) is 151 cm³/mol. The zero-order valence-electron chi connectivity index (χ0n) is 21.8. The number of carboxylic acids is 1. The highest BCUT2D eigenvalue weighted by Gasteiger charge is 2.38. The zero-order valence-corrected chi connectivity index (χ0v) is 22.5. The molecular formula is C31H33ClN2O4. The average molecular weight is 533 g/mol. The van der Waals surface area contributed by atoms with Gasteiger partial charge in [0.1, 0.15) is 0 Å². The van der Waals surface area contributed by atoms with Gasteiger partial charge in [0, 0.05) is 41.0 Å². The van der Waals surface area contributed by atoms with Crippen molar-refractivity contribution < 1.29 is 19.5 Å². The van der Waals surface area contributed by atoms with E-state index in [0.29, 0.717) is 30.0 Å². The summed E-state index contributed by atoms with van der Waals surface area (Å²) in [5.74, 6) is -1.24. The van der Waals surface area contributed by atoms with Crippen LogP contribution < -0.4 is 9.80 Å². The first-order valence-corrected chi connectivity index (χ1v) is 13.5. The molecule has 1 aliphatic rings. The number of benzene rings is 3. The van der Waals surface area contributed by atoms with Gasteiger partial charge in [-0.2, -0.15) is 0 Å². The van der Waals surface area contributed by atoms with E-state index in [-0.39, 0.29) is 30.2 Å². The molecule has 0 aromatic heterocycles. The largest absolute Gasteiger partial charge is 0.481 e. The Labute approximate surface area is 228 Å². The average Bonchev–Trinajstić information content (AvgIpc) is 2.92. The summed E-state index contributed by atoms with van der Waals surface area (Å²) >= 11 is 6.06. The summed E-state index contributed by atoms with van der Waals surface area (Å²) in [6.07, 6.45) is 2.88. The van der Waals surface area contributed by atoms with Crippen LogP contribution in [-0.2, 0) is 16.0 Å². The molecule has 0 unspecified atom stereocenters. The van der Waals surface area contributed by atoms with Crippen LogP contribution in [-0.4, -0.2) is 35.5 Å². The number of carbonyl (C=O) groups is 3. The van der Waals surface area contributed by atoms with Crippen molar-refractivity contribution in [3.05, 3.63) is 94.5 Å². The van der Waals surface area contributed by atoms with E-state index in [1.165, 1.54) is 0 Å². The van der Waals surface area contributed by atoms with Crippen molar-refractivity contribution in [2.24, 2.45) is 0 Å². The molecule has 0 aliphatic carbocycles. The van der Waals surface area contributed by atoms with Crippen LogP contribution in [0, 0.1) is 0 Å². The number of amides is 2. The lowest BCUT2D eigenvalue weighted by atomic mass is 9.84. The standard InChI is InChI=1S/C31H33ClN2O4/c1-3-33(25-18-16-24(32)17-19-25)31(38)27-20-21(2)34(28-10-6-5-9-26(27)28)30(37)23-14-12-22(13-15-23)8-4-7-11-29(35)36/h5-6,9-10,12-19,21,27H,3-4,7-8,11,20H2,1-2H3,(H,35,36)/t21-,27-/m0/s1. The number of carbonyl (C=O) groups excluding carboxylic acids is 2. The van der Waals surface area contributed by atoms with Gasteiger partial charge in [-0.3, -0.25) is 14.4 Å². The first-order chi connectivity index (χ1) is 18.3. The van der Waals surface area contributed by atoms with E-state index in [9.17, 15) is 14.4 Å². The molecule has 0 bridgehead atoms. The van der Waals surface area contributed by atoms with E-state index in [0.717, 1.165) is 35.3 Å². The second-order valence-corrected chi connectivity index (χ2v) is 10.2. The van der Waals surface area contributed by atoms with Gasteiger partial charge in [0.2, 0.25) is 5.91 Å². The molecule has 3 aromatic carbocycles. The van der Waals surface area contributed by atoms with Crippen LogP contribution in [0.25, 0.3) is 0 Å². The van der Waals surface area contributed by atoms with Crippen molar-refractivity contribution in [3.63, 3.8) is 0 Å². The van der Waals surface area contributed by atoms with Gasteiger partial charge in [0.15, 0.2) is 0 Å². The maximum absolute atomic E-state index is 13.8. The number of para-hydroxylation sites is 1. The Kier molecular flexibility index (Phi) is 8.85. The van der Waals surface area contributed by atoms with Gasteiger partial charge in [-0.25, -0.2) is 0 Å². The normalized spacial score (nSPS) is 16.6. The summed E-state index contributed by atoms with van der Waals surface area (Å²) in [6, 6.07) is 22.3. The maximum Gasteiger partial charge on any atom is 0.303 e. The molecule has 38 heavy (non-hydrogen) atoms. The van der Waals surface area contributed by atoms with E-state index in [2.05, 4.69) is 0 Å². The van der Waals surface area contributed by atoms with E-state index in [4.69, 9.17) is 16.7 Å². The first kappa shape index (κ1) is 27.4. The Hall–Kier alpha value is -3.64. The molecule has 3 aromatic rings. The lowest BCUT2D eigenvalue weighted by Crippen LogP contribution is -2.46. The molecule has 2 amide bonds. The number of aryl methyl sites for hydroxylation is 1. The Bertz CT molecular complexity index is 1290. The highest BCUT2D eigenvalue weighted by Crippen LogP contribution is 2.40. The number of anilines is 2. The minimum atomic E-state index is -0.779. The quantitative estimate of drug-likeness (QED) is 0.310. The SMILES string of the molecule is CCN(C(=O)[C@H]1C[C@H](C)N(C(=O)c2ccc(CCCCC(=O)O)cc2)c2ccccc21)c1ccc(Cl)cc1. The van der Waals surface area contributed by atoms with Gasteiger partial charge >= 0.3 is 5.97 Å². The molecule has 198 valence electrons. The van der Waals surface area contributed by atoms with Crippen LogP contribution in [0.3, 0.4) is 0 Å². The summed E-state index contributed by atoms with van der Waals surface area (Å²) in [7, 11) is 0. The second-order valence-electron chi connectivity index (χ2n) is 9.73. The molecule has 1 aliphatic heterocycles. The molecule has 7 heteroatoms. The Morgan fingerprint density at radius 1 is 0.974 bits per heavy atom. The summed E-state index contributed by atoms with van der Waals surface area (Å²) in [5, 5.41) is 9.42. The minimum Gasteiger partial charge on any atom is -0.481 e. The fourth-order valence-electron chi connectivity index (χ4n) is 5.19. The summed E-state index contributed by atoms with van der Waals surface area (Å²) < 4.78 is 0. The molecule has 1 heterocycles. The third kappa shape index (κ3) is 6.08. The van der Waals surface area contributed by atoms with Crippen molar-refractivity contribution in [2.45, 2.75) is 57.9 Å². The molecule has 0 spiro atoms. The summed E-state index contributed by atoms with van der Waals surface area (Å²) in [4.78, 5) is 41.8. The predicted octanol–water partition coefficient (Wildman–Crippen LogP) is 6.71. The van der Waals surface area contributed by atoms with Crippen molar-refractivity contribution >= 4 is 40.8 Å². The number of hydrogen-bond acceptors (Lipinski definition) is 3. The minimum absolute atomic E-state index is 0.00784. The topological polar surface area (TPSA) is 77.9 Å². The number of likely N-dealkylation sites (N-methyl/N-ethyl adjacent to an activating group) is 1. The van der Waals surface area contributed by atoms with Crippen molar-refractivity contribution in [1.82, 2.24) is 0 Å². The fourth-order valence-corrected chi connectivity index (χ4v) is 5.32. The lowest BCUT2D eigenvalue weighted by Gasteiger charge is -2.40. The smallest absolute Gasteiger partial charge is 0.303 e. The Balaban J connectivity index is 1.55. The van der Waals surface area contributed by atoms with Gasteiger partial charge in [0.25, 0.3) is 5.91 Å². The van der Waals surface area contributed by atoms with Gasteiger partial charge in [0.05, 0.1) is 5.92 Å². The van der Waals surface area contributed by atoms with Crippen molar-refractivity contribution in [3.8, 4) is 0 Å². The van der Waals surface area contributed by atoms with Crippen LogP contribution in [0.1, 0.15) is 66.9 Å². The van der Waals surface area contributed by atoms with Gasteiger partial charge in [-0.1, -0.05) is 41.9 Å². The monoisotopic (exact) mass is 532 g/mol. The van der Waals surface area contributed by atoms with Crippen LogP contribution >= 0.6 is 11.6 Å². The third-order valence-corrected chi connectivity index (χ3v) is 7.39. The van der Waals surface area contributed by atoms with Gasteiger partial charge < -0.3 is 14.9 Å². The number of unbranched alkanes of at least 4 members (excludes halogenated alkanes) is 1. The first-order valence-electron chi connectivity index (χ1n) is 13.1. The Morgan fingerprint density at radius 3 is 2.32 bits per heavy atom. The van der Waals surface area contributed by atoms with Crippen LogP contribution in [0.15, 0.2) is 72.8 Å². The molecular weight excluding hydrogens is 500 g/mol. The van der Waals surface area contributed by atoms with Gasteiger partial charge in [-0.15, -0.1) is 0 Å². The van der Waals surface area contributed by atoms with Crippen LogP contribution in [0.5, 0.6) is 0 Å². The number of carboxylic acid groups (broad SMARTS) is 1. The number of aliphatic carboxylic acids is 1. The van der Waals surface area contributed by atoms with Crippen molar-refractivity contribution in [1.29, 1.82) is 0 Å². The van der Waals surface area contributed by atoms with E-state index >= 15 is 0 Å². The summed E-state index contributed by atoms with van der Waals surface area (Å²) in [6.45, 7) is 4.47. The number of nitrogens with zero attached hydrogens (tertiary/aromatic N) is 2. The van der Waals surface area contributed by atoms with Gasteiger partial charge in [-0.05, 0) is 93.1 Å².